The Labute approximate surface area is 163 Å². The predicted molar refractivity (Wildman–Crippen MR) is 101 cm³/mol. The normalized spacial score (nSPS) is 19.6. The van der Waals surface area contributed by atoms with Crippen LogP contribution in [0.25, 0.3) is 0 Å². The second kappa shape index (κ2) is 9.56. The molecule has 6 nitrogen and oxygen atoms in total. The van der Waals surface area contributed by atoms with Gasteiger partial charge in [0.25, 0.3) is 0 Å². The van der Waals surface area contributed by atoms with Crippen LogP contribution < -0.4 is 10.6 Å². The van der Waals surface area contributed by atoms with Crippen molar-refractivity contribution >= 4 is 11.6 Å². The number of hydrogen-bond donors (Lipinski definition) is 2. The molecule has 0 saturated carbocycles. The molecule has 9 heteroatoms. The van der Waals surface area contributed by atoms with E-state index in [4.69, 9.17) is 0 Å². The maximum absolute atomic E-state index is 12.8. The molecule has 0 aromatic carbocycles. The number of halogens is 3. The van der Waals surface area contributed by atoms with Gasteiger partial charge in [-0.1, -0.05) is 0 Å². The van der Waals surface area contributed by atoms with Crippen molar-refractivity contribution in [3.05, 3.63) is 24.0 Å². The number of likely N-dealkylation sites (tertiary alicyclic amines) is 1. The molecule has 0 unspecified atom stereocenters. The van der Waals surface area contributed by atoms with Gasteiger partial charge in [-0.05, 0) is 37.9 Å². The lowest BCUT2D eigenvalue weighted by molar-refractivity contribution is -0.141. The second-order valence-corrected chi connectivity index (χ2v) is 7.42. The lowest BCUT2D eigenvalue weighted by Crippen LogP contribution is -2.44. The van der Waals surface area contributed by atoms with Crippen LogP contribution in [0.15, 0.2) is 18.3 Å². The fourth-order valence-electron chi connectivity index (χ4n) is 3.73. The summed E-state index contributed by atoms with van der Waals surface area (Å²) in [6.45, 7) is 6.33. The van der Waals surface area contributed by atoms with Crippen LogP contribution in [0, 0.1) is 0 Å². The molecule has 28 heavy (non-hydrogen) atoms. The number of nitrogens with one attached hydrogen (secondary N) is 2. The van der Waals surface area contributed by atoms with E-state index in [9.17, 15) is 18.0 Å². The highest BCUT2D eigenvalue weighted by Gasteiger charge is 2.32. The number of pyridine rings is 1. The average Bonchev–Trinajstić information content (AvgIpc) is 2.69. The summed E-state index contributed by atoms with van der Waals surface area (Å²) in [6.07, 6.45) is -0.392. The molecule has 0 atom stereocenters. The molecule has 0 bridgehead atoms. The number of piperidine rings is 1. The molecule has 0 spiro atoms. The van der Waals surface area contributed by atoms with Gasteiger partial charge in [0.15, 0.2) is 0 Å². The first-order chi connectivity index (χ1) is 13.4. The van der Waals surface area contributed by atoms with Crippen LogP contribution in [0.5, 0.6) is 0 Å². The van der Waals surface area contributed by atoms with E-state index < -0.39 is 11.9 Å². The molecular formula is C19H28F3N5O. The summed E-state index contributed by atoms with van der Waals surface area (Å²) < 4.78 is 38.3. The second-order valence-electron chi connectivity index (χ2n) is 7.42. The van der Waals surface area contributed by atoms with Gasteiger partial charge in [0, 0.05) is 63.6 Å². The van der Waals surface area contributed by atoms with E-state index in [-0.39, 0.29) is 11.9 Å². The number of carbonyl (C=O) groups is 1. The first-order valence-corrected chi connectivity index (χ1v) is 9.92. The Morgan fingerprint density at radius 2 is 1.93 bits per heavy atom. The van der Waals surface area contributed by atoms with Crippen LogP contribution in [-0.2, 0) is 11.0 Å². The van der Waals surface area contributed by atoms with E-state index in [0.29, 0.717) is 25.2 Å². The molecule has 0 aliphatic carbocycles. The number of anilines is 1. The zero-order valence-corrected chi connectivity index (χ0v) is 16.0. The Morgan fingerprint density at radius 3 is 2.61 bits per heavy atom. The zero-order chi connectivity index (χ0) is 20.0. The van der Waals surface area contributed by atoms with Crippen molar-refractivity contribution in [2.45, 2.75) is 37.9 Å². The highest BCUT2D eigenvalue weighted by molar-refractivity contribution is 5.76. The maximum Gasteiger partial charge on any atom is 0.433 e. The van der Waals surface area contributed by atoms with E-state index in [1.807, 2.05) is 4.90 Å². The molecule has 2 aliphatic heterocycles. The van der Waals surface area contributed by atoms with E-state index >= 15 is 0 Å². The van der Waals surface area contributed by atoms with Crippen molar-refractivity contribution in [1.82, 2.24) is 20.1 Å². The number of amides is 1. The van der Waals surface area contributed by atoms with Gasteiger partial charge in [-0.25, -0.2) is 0 Å². The number of hydrogen-bond acceptors (Lipinski definition) is 5. The monoisotopic (exact) mass is 399 g/mol. The maximum atomic E-state index is 12.8. The summed E-state index contributed by atoms with van der Waals surface area (Å²) in [5, 5.41) is 6.46. The van der Waals surface area contributed by atoms with E-state index in [2.05, 4.69) is 20.5 Å². The molecule has 2 N–H and O–H groups in total. The number of nitrogens with zero attached hydrogens (tertiary/aromatic N) is 3. The fourth-order valence-corrected chi connectivity index (χ4v) is 3.73. The van der Waals surface area contributed by atoms with Crippen LogP contribution in [0.3, 0.4) is 0 Å². The number of rotatable bonds is 6. The third-order valence-electron chi connectivity index (χ3n) is 5.34. The van der Waals surface area contributed by atoms with E-state index in [0.717, 1.165) is 58.1 Å². The van der Waals surface area contributed by atoms with Gasteiger partial charge < -0.3 is 20.4 Å². The molecule has 3 rings (SSSR count). The molecule has 2 fully saturated rings. The van der Waals surface area contributed by atoms with Gasteiger partial charge in [-0.15, -0.1) is 0 Å². The van der Waals surface area contributed by atoms with Crippen LogP contribution in [0.2, 0.25) is 0 Å². The summed E-state index contributed by atoms with van der Waals surface area (Å²) in [5.74, 6) is 0.178. The Hall–Kier alpha value is -1.87. The first kappa shape index (κ1) is 20.9. The minimum absolute atomic E-state index is 0.0633. The van der Waals surface area contributed by atoms with Crippen molar-refractivity contribution in [3.63, 3.8) is 0 Å². The van der Waals surface area contributed by atoms with Gasteiger partial charge >= 0.3 is 6.18 Å². The Kier molecular flexibility index (Phi) is 7.12. The smallest absolute Gasteiger partial charge is 0.382 e. The third-order valence-corrected chi connectivity index (χ3v) is 5.34. The van der Waals surface area contributed by atoms with Gasteiger partial charge in [0.2, 0.25) is 5.91 Å². The van der Waals surface area contributed by atoms with Crippen LogP contribution in [0.1, 0.15) is 31.4 Å². The summed E-state index contributed by atoms with van der Waals surface area (Å²) in [4.78, 5) is 20.0. The molecule has 2 saturated heterocycles. The number of aromatic nitrogens is 1. The Bertz CT molecular complexity index is 641. The minimum Gasteiger partial charge on any atom is -0.382 e. The molecule has 156 valence electrons. The Balaban J connectivity index is 1.38. The van der Waals surface area contributed by atoms with Crippen molar-refractivity contribution in [2.75, 3.05) is 51.1 Å². The van der Waals surface area contributed by atoms with Crippen molar-refractivity contribution < 1.29 is 18.0 Å². The average molecular weight is 399 g/mol. The highest BCUT2D eigenvalue weighted by atomic mass is 19.4. The number of piperazine rings is 1. The highest BCUT2D eigenvalue weighted by Crippen LogP contribution is 2.29. The van der Waals surface area contributed by atoms with E-state index in [1.165, 1.54) is 6.20 Å². The van der Waals surface area contributed by atoms with Gasteiger partial charge in [-0.3, -0.25) is 9.78 Å². The molecule has 1 amide bonds. The SMILES string of the molecule is O=C(CCCN1CCNCC1)N1CCC(Nc2ccnc(C(F)(F)F)c2)CC1. The fraction of sp³-hybridized carbons (Fsp3) is 0.684. The minimum atomic E-state index is -4.45. The lowest BCUT2D eigenvalue weighted by Gasteiger charge is -2.33. The Morgan fingerprint density at radius 1 is 1.21 bits per heavy atom. The van der Waals surface area contributed by atoms with Crippen LogP contribution in [-0.4, -0.2) is 72.5 Å². The summed E-state index contributed by atoms with van der Waals surface area (Å²) in [5.41, 5.74) is -0.474. The molecule has 3 heterocycles. The molecule has 0 radical (unpaired) electrons. The number of alkyl halides is 3. The first-order valence-electron chi connectivity index (χ1n) is 9.92. The summed E-state index contributed by atoms with van der Waals surface area (Å²) >= 11 is 0. The van der Waals surface area contributed by atoms with Crippen molar-refractivity contribution in [1.29, 1.82) is 0 Å². The van der Waals surface area contributed by atoms with Crippen molar-refractivity contribution in [2.24, 2.45) is 0 Å². The van der Waals surface area contributed by atoms with E-state index in [1.54, 1.807) is 6.07 Å². The van der Waals surface area contributed by atoms with Gasteiger partial charge in [-0.2, -0.15) is 13.2 Å². The third kappa shape index (κ3) is 6.07. The molecule has 1 aromatic heterocycles. The van der Waals surface area contributed by atoms with Crippen molar-refractivity contribution in [3.8, 4) is 0 Å². The largest absolute Gasteiger partial charge is 0.433 e. The molecular weight excluding hydrogens is 371 g/mol. The topological polar surface area (TPSA) is 60.5 Å². The predicted octanol–water partition coefficient (Wildman–Crippen LogP) is 2.19. The van der Waals surface area contributed by atoms with Crippen LogP contribution in [0.4, 0.5) is 18.9 Å². The zero-order valence-electron chi connectivity index (χ0n) is 16.0. The summed E-state index contributed by atoms with van der Waals surface area (Å²) in [7, 11) is 0. The molecule has 2 aliphatic rings. The molecule has 1 aromatic rings. The van der Waals surface area contributed by atoms with Gasteiger partial charge in [0.1, 0.15) is 5.69 Å². The van der Waals surface area contributed by atoms with Gasteiger partial charge in [0.05, 0.1) is 0 Å². The summed E-state index contributed by atoms with van der Waals surface area (Å²) in [6, 6.07) is 2.64. The standard InChI is InChI=1S/C19H28F3N5O/c20-19(21,22)17-14-16(3-6-24-17)25-15-4-10-27(11-5-15)18(28)2-1-9-26-12-7-23-8-13-26/h3,6,14-15,23H,1-2,4-5,7-13H2,(H,24,25). The van der Waals surface area contributed by atoms with Crippen LogP contribution >= 0.6 is 0 Å². The number of carbonyl (C=O) groups excluding carboxylic acids is 1. The quantitative estimate of drug-likeness (QED) is 0.768. The lowest BCUT2D eigenvalue weighted by atomic mass is 10.0.